The molecule has 2 atom stereocenters. The first-order valence-electron chi connectivity index (χ1n) is 7.72. The van der Waals surface area contributed by atoms with Crippen LogP contribution < -0.4 is 16.0 Å². The van der Waals surface area contributed by atoms with E-state index in [9.17, 15) is 9.59 Å². The minimum Gasteiger partial charge on any atom is -0.341 e. The van der Waals surface area contributed by atoms with Crippen LogP contribution in [0.2, 0.25) is 5.02 Å². The number of halogens is 1. The number of amides is 3. The molecule has 5 nitrogen and oxygen atoms in total. The molecule has 1 fully saturated rings. The maximum Gasteiger partial charge on any atom is 0.318 e. The van der Waals surface area contributed by atoms with Gasteiger partial charge in [-0.2, -0.15) is 0 Å². The lowest BCUT2D eigenvalue weighted by molar-refractivity contribution is -0.117. The van der Waals surface area contributed by atoms with E-state index in [1.54, 1.807) is 31.3 Å². The quantitative estimate of drug-likeness (QED) is 0.789. The fourth-order valence-corrected chi connectivity index (χ4v) is 2.79. The van der Waals surface area contributed by atoms with Crippen molar-refractivity contribution in [1.82, 2.24) is 5.32 Å². The van der Waals surface area contributed by atoms with Gasteiger partial charge in [0.1, 0.15) is 0 Å². The molecule has 1 saturated carbocycles. The Morgan fingerprint density at radius 2 is 1.71 bits per heavy atom. The highest BCUT2D eigenvalue weighted by Gasteiger charge is 2.43. The highest BCUT2D eigenvalue weighted by molar-refractivity contribution is 6.30. The fourth-order valence-electron chi connectivity index (χ4n) is 2.67. The Bertz CT molecular complexity index is 761. The van der Waals surface area contributed by atoms with Gasteiger partial charge in [-0.15, -0.1) is 0 Å². The van der Waals surface area contributed by atoms with Gasteiger partial charge in [-0.3, -0.25) is 4.79 Å². The zero-order valence-corrected chi connectivity index (χ0v) is 13.9. The lowest BCUT2D eigenvalue weighted by atomic mass is 10.1. The number of urea groups is 1. The van der Waals surface area contributed by atoms with Gasteiger partial charge >= 0.3 is 6.03 Å². The van der Waals surface area contributed by atoms with Crippen molar-refractivity contribution in [1.29, 1.82) is 0 Å². The van der Waals surface area contributed by atoms with E-state index in [1.165, 1.54) is 0 Å². The molecule has 2 aromatic rings. The Morgan fingerprint density at radius 3 is 2.38 bits per heavy atom. The van der Waals surface area contributed by atoms with Gasteiger partial charge in [0.2, 0.25) is 5.91 Å². The van der Waals surface area contributed by atoms with Crippen LogP contribution in [-0.4, -0.2) is 19.0 Å². The van der Waals surface area contributed by atoms with Crippen molar-refractivity contribution in [3.05, 3.63) is 59.1 Å². The molecule has 3 rings (SSSR count). The van der Waals surface area contributed by atoms with Crippen molar-refractivity contribution in [3.63, 3.8) is 0 Å². The summed E-state index contributed by atoms with van der Waals surface area (Å²) in [5, 5.41) is 8.76. The van der Waals surface area contributed by atoms with Gasteiger partial charge in [0.05, 0.1) is 0 Å². The van der Waals surface area contributed by atoms with Crippen molar-refractivity contribution in [2.75, 3.05) is 17.7 Å². The van der Waals surface area contributed by atoms with Crippen LogP contribution in [-0.2, 0) is 4.79 Å². The standard InChI is InChI=1S/C18H18ClN3O2/c1-20-18(24)22-14-4-2-3-13(9-14)21-17(23)16-10-15(16)11-5-7-12(19)8-6-11/h2-9,15-16H,10H2,1H3,(H,21,23)(H2,20,22,24)/t15-,16+/m1/s1. The fraction of sp³-hybridized carbons (Fsp3) is 0.222. The Kier molecular flexibility index (Phi) is 4.71. The normalized spacial score (nSPS) is 18.6. The Morgan fingerprint density at radius 1 is 1.04 bits per heavy atom. The molecule has 6 heteroatoms. The van der Waals surface area contributed by atoms with Crippen molar-refractivity contribution >= 4 is 34.9 Å². The highest BCUT2D eigenvalue weighted by atomic mass is 35.5. The summed E-state index contributed by atoms with van der Waals surface area (Å²) in [7, 11) is 1.55. The van der Waals surface area contributed by atoms with E-state index in [-0.39, 0.29) is 23.8 Å². The summed E-state index contributed by atoms with van der Waals surface area (Å²) < 4.78 is 0. The van der Waals surface area contributed by atoms with E-state index in [0.29, 0.717) is 16.4 Å². The van der Waals surface area contributed by atoms with Crippen LogP contribution in [0.5, 0.6) is 0 Å². The van der Waals surface area contributed by atoms with Gasteiger partial charge in [0, 0.05) is 29.4 Å². The number of rotatable bonds is 4. The van der Waals surface area contributed by atoms with Crippen LogP contribution in [0.25, 0.3) is 0 Å². The largest absolute Gasteiger partial charge is 0.341 e. The van der Waals surface area contributed by atoms with Crippen LogP contribution in [0.15, 0.2) is 48.5 Å². The van der Waals surface area contributed by atoms with Crippen LogP contribution in [0.3, 0.4) is 0 Å². The topological polar surface area (TPSA) is 70.2 Å². The van der Waals surface area contributed by atoms with Crippen molar-refractivity contribution < 1.29 is 9.59 Å². The van der Waals surface area contributed by atoms with E-state index in [2.05, 4.69) is 16.0 Å². The lowest BCUT2D eigenvalue weighted by Gasteiger charge is -2.08. The molecule has 1 aliphatic carbocycles. The monoisotopic (exact) mass is 343 g/mol. The first-order chi connectivity index (χ1) is 11.6. The zero-order valence-electron chi connectivity index (χ0n) is 13.2. The number of hydrogen-bond donors (Lipinski definition) is 3. The third kappa shape index (κ3) is 3.86. The molecular weight excluding hydrogens is 326 g/mol. The average molecular weight is 344 g/mol. The van der Waals surface area contributed by atoms with E-state index in [4.69, 9.17) is 11.6 Å². The molecule has 0 saturated heterocycles. The number of hydrogen-bond acceptors (Lipinski definition) is 2. The molecule has 0 aliphatic heterocycles. The second-order valence-electron chi connectivity index (χ2n) is 5.77. The Balaban J connectivity index is 1.61. The van der Waals surface area contributed by atoms with Gasteiger partial charge in [-0.05, 0) is 48.2 Å². The van der Waals surface area contributed by atoms with E-state index < -0.39 is 0 Å². The smallest absolute Gasteiger partial charge is 0.318 e. The van der Waals surface area contributed by atoms with E-state index in [0.717, 1.165) is 12.0 Å². The van der Waals surface area contributed by atoms with Crippen LogP contribution in [0.1, 0.15) is 17.9 Å². The summed E-state index contributed by atoms with van der Waals surface area (Å²) in [4.78, 5) is 23.7. The third-order valence-corrected chi connectivity index (χ3v) is 4.29. The molecular formula is C18H18ClN3O2. The second kappa shape index (κ2) is 6.93. The molecule has 0 unspecified atom stereocenters. The summed E-state index contributed by atoms with van der Waals surface area (Å²) in [5.74, 6) is 0.211. The van der Waals surface area contributed by atoms with E-state index in [1.807, 2.05) is 24.3 Å². The minimum atomic E-state index is -0.302. The summed E-state index contributed by atoms with van der Waals surface area (Å²) in [6, 6.07) is 14.4. The van der Waals surface area contributed by atoms with Crippen LogP contribution in [0, 0.1) is 5.92 Å². The molecule has 124 valence electrons. The van der Waals surface area contributed by atoms with Gasteiger partial charge in [-0.1, -0.05) is 29.8 Å². The molecule has 2 aromatic carbocycles. The molecule has 1 aliphatic rings. The maximum absolute atomic E-state index is 12.4. The van der Waals surface area contributed by atoms with Gasteiger partial charge < -0.3 is 16.0 Å². The van der Waals surface area contributed by atoms with Crippen LogP contribution >= 0.6 is 11.6 Å². The van der Waals surface area contributed by atoms with Crippen molar-refractivity contribution in [3.8, 4) is 0 Å². The van der Waals surface area contributed by atoms with Crippen LogP contribution in [0.4, 0.5) is 16.2 Å². The summed E-state index contributed by atoms with van der Waals surface area (Å²) >= 11 is 5.89. The molecule has 0 heterocycles. The maximum atomic E-state index is 12.4. The van der Waals surface area contributed by atoms with E-state index >= 15 is 0 Å². The van der Waals surface area contributed by atoms with Gasteiger partial charge in [-0.25, -0.2) is 4.79 Å². The summed E-state index contributed by atoms with van der Waals surface area (Å²) in [5.41, 5.74) is 2.42. The summed E-state index contributed by atoms with van der Waals surface area (Å²) in [6.07, 6.45) is 0.837. The second-order valence-corrected chi connectivity index (χ2v) is 6.21. The number of carbonyl (C=O) groups is 2. The number of nitrogens with one attached hydrogen (secondary N) is 3. The predicted molar refractivity (Wildman–Crippen MR) is 95.5 cm³/mol. The predicted octanol–water partition coefficient (Wildman–Crippen LogP) is 3.83. The first-order valence-corrected chi connectivity index (χ1v) is 8.10. The number of benzene rings is 2. The minimum absolute atomic E-state index is 0.00737. The first kappa shape index (κ1) is 16.3. The zero-order chi connectivity index (χ0) is 17.1. The molecule has 0 aromatic heterocycles. The third-order valence-electron chi connectivity index (χ3n) is 4.04. The van der Waals surface area contributed by atoms with Gasteiger partial charge in [0.15, 0.2) is 0 Å². The summed E-state index contributed by atoms with van der Waals surface area (Å²) in [6.45, 7) is 0. The molecule has 3 N–H and O–H groups in total. The highest BCUT2D eigenvalue weighted by Crippen LogP contribution is 2.48. The Hall–Kier alpha value is -2.53. The van der Waals surface area contributed by atoms with Crippen molar-refractivity contribution in [2.45, 2.75) is 12.3 Å². The number of carbonyl (C=O) groups excluding carboxylic acids is 2. The van der Waals surface area contributed by atoms with Gasteiger partial charge in [0.25, 0.3) is 0 Å². The number of anilines is 2. The molecule has 3 amide bonds. The molecule has 24 heavy (non-hydrogen) atoms. The molecule has 0 bridgehead atoms. The molecule has 0 spiro atoms. The SMILES string of the molecule is CNC(=O)Nc1cccc(NC(=O)[C@H]2C[C@@H]2c2ccc(Cl)cc2)c1. The van der Waals surface area contributed by atoms with Crippen molar-refractivity contribution in [2.24, 2.45) is 5.92 Å². The lowest BCUT2D eigenvalue weighted by Crippen LogP contribution is -2.24. The average Bonchev–Trinajstić information content (AvgIpc) is 3.36. The Labute approximate surface area is 145 Å². The molecule has 0 radical (unpaired) electrons.